The van der Waals surface area contributed by atoms with Crippen molar-refractivity contribution in [2.75, 3.05) is 18.5 Å². The minimum atomic E-state index is -0.352. The van der Waals surface area contributed by atoms with Gasteiger partial charge in [-0.05, 0) is 171 Å². The summed E-state index contributed by atoms with van der Waals surface area (Å²) in [6.45, 7) is 21.0. The van der Waals surface area contributed by atoms with Crippen molar-refractivity contribution in [2.45, 2.75) is 131 Å². The molecular formula is C49H69BrN2O4. The van der Waals surface area contributed by atoms with Gasteiger partial charge in [-0.2, -0.15) is 0 Å². The molecule has 0 saturated heterocycles. The molecule has 0 bridgehead atoms. The van der Waals surface area contributed by atoms with E-state index in [0.29, 0.717) is 61.3 Å². The molecule has 5 aliphatic rings. The van der Waals surface area contributed by atoms with E-state index in [9.17, 15) is 14.7 Å². The molecule has 7 heteroatoms. The summed E-state index contributed by atoms with van der Waals surface area (Å²) >= 11 is 3.43. The van der Waals surface area contributed by atoms with Crippen molar-refractivity contribution in [1.82, 2.24) is 10.6 Å². The number of amides is 2. The molecule has 7 rings (SSSR count). The first-order chi connectivity index (χ1) is 26.6. The number of nitrogens with one attached hydrogen (secondary N) is 2. The SMILES string of the molecule is C=C(C)[C@@H]1CCC2(C(=O)NCCc3cccc(C(=O)NCc4ccc(OCCCBr)cc4)c3)CC[C@]3(C)C(CCC4C5(C)CCC(O)C(C)(C)C5CCC43C)C12. The molecule has 10 atom stereocenters. The molecule has 3 N–H and O–H groups in total. The number of benzene rings is 2. The number of aliphatic hydroxyl groups excluding tert-OH is 1. The molecule has 5 saturated carbocycles. The zero-order valence-electron chi connectivity index (χ0n) is 35.2. The van der Waals surface area contributed by atoms with E-state index in [1.165, 1.54) is 31.3 Å². The Morgan fingerprint density at radius 1 is 0.857 bits per heavy atom. The van der Waals surface area contributed by atoms with Gasteiger partial charge >= 0.3 is 0 Å². The van der Waals surface area contributed by atoms with Crippen molar-refractivity contribution in [3.63, 3.8) is 0 Å². The minimum Gasteiger partial charge on any atom is -0.494 e. The normalized spacial score (nSPS) is 36.9. The van der Waals surface area contributed by atoms with Crippen molar-refractivity contribution in [1.29, 1.82) is 0 Å². The lowest BCUT2D eigenvalue weighted by atomic mass is 9.32. The number of hydrogen-bond donors (Lipinski definition) is 3. The average Bonchev–Trinajstić information content (AvgIpc) is 3.58. The van der Waals surface area contributed by atoms with Crippen LogP contribution in [-0.4, -0.2) is 41.5 Å². The van der Waals surface area contributed by atoms with Crippen LogP contribution in [0.5, 0.6) is 5.75 Å². The van der Waals surface area contributed by atoms with Gasteiger partial charge in [0, 0.05) is 24.0 Å². The molecule has 2 aromatic rings. The number of hydrogen-bond acceptors (Lipinski definition) is 4. The molecule has 8 unspecified atom stereocenters. The standard InChI is InChI=1S/C49H69BrN2O4/c1-32(2)37-18-24-49(26-25-47(6)38(42(37)49)16-17-40-46(5)22-20-41(53)45(3,4)39(46)19-23-48(40,47)7)44(55)51-28-21-33-10-8-11-35(30-33)43(54)52-31-34-12-14-36(15-13-34)56-29-9-27-50/h8,10-15,30,37-42,53H,1,9,16-29,31H2,2-7H3,(H,51,55)(H,52,54)/t37-,38?,39?,40?,41?,42?,46?,47+,48?,49?/m0/s1. The Bertz CT molecular complexity index is 1780. The molecule has 56 heavy (non-hydrogen) atoms. The van der Waals surface area contributed by atoms with E-state index in [0.717, 1.165) is 67.2 Å². The van der Waals surface area contributed by atoms with E-state index in [1.54, 1.807) is 0 Å². The van der Waals surface area contributed by atoms with Crippen LogP contribution in [0.2, 0.25) is 0 Å². The molecule has 0 aliphatic heterocycles. The zero-order valence-corrected chi connectivity index (χ0v) is 36.7. The quantitative estimate of drug-likeness (QED) is 0.113. The Morgan fingerprint density at radius 3 is 2.36 bits per heavy atom. The van der Waals surface area contributed by atoms with Crippen LogP contribution in [0.4, 0.5) is 0 Å². The number of allylic oxidation sites excluding steroid dienone is 1. The molecule has 306 valence electrons. The largest absolute Gasteiger partial charge is 0.494 e. The van der Waals surface area contributed by atoms with Gasteiger partial charge < -0.3 is 20.5 Å². The monoisotopic (exact) mass is 828 g/mol. The first-order valence-corrected chi connectivity index (χ1v) is 23.0. The summed E-state index contributed by atoms with van der Waals surface area (Å²) in [6.07, 6.45) is 12.4. The second kappa shape index (κ2) is 15.8. The number of carbonyl (C=O) groups is 2. The second-order valence-electron chi connectivity index (χ2n) is 20.1. The third-order valence-corrected chi connectivity index (χ3v) is 17.9. The highest BCUT2D eigenvalue weighted by Gasteiger charge is 2.71. The Kier molecular flexibility index (Phi) is 11.7. The summed E-state index contributed by atoms with van der Waals surface area (Å²) in [6, 6.07) is 15.7. The van der Waals surface area contributed by atoms with Gasteiger partial charge in [-0.1, -0.05) is 87.0 Å². The average molecular weight is 830 g/mol. The van der Waals surface area contributed by atoms with E-state index in [4.69, 9.17) is 4.74 Å². The van der Waals surface area contributed by atoms with Crippen molar-refractivity contribution < 1.29 is 19.4 Å². The minimum absolute atomic E-state index is 0.0495. The lowest BCUT2D eigenvalue weighted by Crippen LogP contribution is -2.67. The van der Waals surface area contributed by atoms with E-state index >= 15 is 0 Å². The fourth-order valence-electron chi connectivity index (χ4n) is 14.1. The molecule has 0 aromatic heterocycles. The van der Waals surface area contributed by atoms with Crippen LogP contribution in [0.3, 0.4) is 0 Å². The van der Waals surface area contributed by atoms with Gasteiger partial charge in [0.25, 0.3) is 5.91 Å². The first kappa shape index (κ1) is 41.5. The van der Waals surface area contributed by atoms with Crippen LogP contribution in [0.15, 0.2) is 60.7 Å². The van der Waals surface area contributed by atoms with Gasteiger partial charge in [-0.25, -0.2) is 0 Å². The van der Waals surface area contributed by atoms with Crippen LogP contribution in [0.25, 0.3) is 0 Å². The highest BCUT2D eigenvalue weighted by Crippen LogP contribution is 2.77. The van der Waals surface area contributed by atoms with Crippen molar-refractivity contribution >= 4 is 27.7 Å². The molecular weight excluding hydrogens is 760 g/mol. The summed E-state index contributed by atoms with van der Waals surface area (Å²) < 4.78 is 5.74. The third kappa shape index (κ3) is 7.01. The highest BCUT2D eigenvalue weighted by atomic mass is 79.9. The molecule has 0 heterocycles. The smallest absolute Gasteiger partial charge is 0.251 e. The van der Waals surface area contributed by atoms with Crippen LogP contribution >= 0.6 is 15.9 Å². The number of rotatable bonds is 12. The number of halogens is 1. The maximum absolute atomic E-state index is 14.7. The van der Waals surface area contributed by atoms with E-state index in [2.05, 4.69) is 80.8 Å². The van der Waals surface area contributed by atoms with Gasteiger partial charge in [0.2, 0.25) is 5.91 Å². The van der Waals surface area contributed by atoms with Crippen molar-refractivity contribution in [3.05, 3.63) is 77.4 Å². The molecule has 5 aliphatic carbocycles. The van der Waals surface area contributed by atoms with Gasteiger partial charge in [0.05, 0.1) is 18.1 Å². The molecule has 2 amide bonds. The summed E-state index contributed by atoms with van der Waals surface area (Å²) in [5, 5.41) is 18.6. The van der Waals surface area contributed by atoms with Gasteiger partial charge in [0.15, 0.2) is 0 Å². The maximum atomic E-state index is 14.7. The second-order valence-corrected chi connectivity index (χ2v) is 20.9. The predicted molar refractivity (Wildman–Crippen MR) is 230 cm³/mol. The number of aliphatic hydroxyl groups is 1. The lowest BCUT2D eigenvalue weighted by Gasteiger charge is -2.72. The van der Waals surface area contributed by atoms with Crippen LogP contribution in [0.1, 0.15) is 134 Å². The fraction of sp³-hybridized carbons (Fsp3) is 0.673. The summed E-state index contributed by atoms with van der Waals surface area (Å²) in [4.78, 5) is 27.8. The Hall–Kier alpha value is -2.64. The molecule has 0 radical (unpaired) electrons. The van der Waals surface area contributed by atoms with Crippen molar-refractivity contribution in [3.8, 4) is 5.75 Å². The summed E-state index contributed by atoms with van der Waals surface area (Å²) in [5.41, 5.74) is 4.18. The number of ether oxygens (including phenoxy) is 1. The fourth-order valence-corrected chi connectivity index (χ4v) is 14.3. The van der Waals surface area contributed by atoms with Crippen LogP contribution in [0, 0.1) is 56.7 Å². The number of alkyl halides is 1. The van der Waals surface area contributed by atoms with Crippen molar-refractivity contribution in [2.24, 2.45) is 56.7 Å². The Labute approximate surface area is 345 Å². The van der Waals surface area contributed by atoms with E-state index < -0.39 is 0 Å². The zero-order chi connectivity index (χ0) is 40.1. The molecule has 2 aromatic carbocycles. The summed E-state index contributed by atoms with van der Waals surface area (Å²) in [7, 11) is 0. The first-order valence-electron chi connectivity index (χ1n) is 21.9. The molecule has 0 spiro atoms. The van der Waals surface area contributed by atoms with Gasteiger partial charge in [-0.3, -0.25) is 9.59 Å². The van der Waals surface area contributed by atoms with Crippen LogP contribution < -0.4 is 15.4 Å². The van der Waals surface area contributed by atoms with E-state index in [1.807, 2.05) is 42.5 Å². The Morgan fingerprint density at radius 2 is 1.62 bits per heavy atom. The van der Waals surface area contributed by atoms with Gasteiger partial charge in [0.1, 0.15) is 5.75 Å². The lowest BCUT2D eigenvalue weighted by molar-refractivity contribution is -0.246. The molecule has 5 fully saturated rings. The van der Waals surface area contributed by atoms with Crippen LogP contribution in [-0.2, 0) is 17.8 Å². The maximum Gasteiger partial charge on any atom is 0.251 e. The number of carbonyl (C=O) groups excluding carboxylic acids is 2. The topological polar surface area (TPSA) is 87.7 Å². The third-order valence-electron chi connectivity index (χ3n) is 17.3. The highest BCUT2D eigenvalue weighted by molar-refractivity contribution is 9.09. The number of fused-ring (bicyclic) bond motifs is 7. The molecule has 6 nitrogen and oxygen atoms in total. The van der Waals surface area contributed by atoms with Gasteiger partial charge in [-0.15, -0.1) is 0 Å². The Balaban J connectivity index is 1.01. The summed E-state index contributed by atoms with van der Waals surface area (Å²) in [5.74, 6) is 3.37. The predicted octanol–water partition coefficient (Wildman–Crippen LogP) is 10.5. The van der Waals surface area contributed by atoms with E-state index in [-0.39, 0.29) is 45.0 Å².